The number of amides is 1. The Labute approximate surface area is 221 Å². The maximum atomic E-state index is 13.7. The molecule has 0 saturated heterocycles. The van der Waals surface area contributed by atoms with Crippen LogP contribution in [0.4, 0.5) is 0 Å². The zero-order valence-corrected chi connectivity index (χ0v) is 22.5. The van der Waals surface area contributed by atoms with Gasteiger partial charge in [0, 0.05) is 43.6 Å². The summed E-state index contributed by atoms with van der Waals surface area (Å²) in [5.74, 6) is 1.26. The molecule has 1 fully saturated rings. The highest BCUT2D eigenvalue weighted by Crippen LogP contribution is 2.32. The lowest BCUT2D eigenvalue weighted by molar-refractivity contribution is -0.139. The van der Waals surface area contributed by atoms with Crippen molar-refractivity contribution in [3.63, 3.8) is 0 Å². The molecule has 0 radical (unpaired) electrons. The van der Waals surface area contributed by atoms with Crippen LogP contribution in [0.5, 0.6) is 5.75 Å². The van der Waals surface area contributed by atoms with Crippen molar-refractivity contribution in [2.24, 2.45) is 5.92 Å². The van der Waals surface area contributed by atoms with E-state index in [1.807, 2.05) is 18.2 Å². The number of fused-ring (bicyclic) bond motifs is 1. The molecule has 6 heteroatoms. The number of carbonyl (C=O) groups excluding carboxylic acids is 1. The molecule has 1 saturated carbocycles. The van der Waals surface area contributed by atoms with Crippen LogP contribution in [-0.2, 0) is 30.8 Å². The second-order valence-electron chi connectivity index (χ2n) is 10.8. The number of aromatic nitrogens is 2. The Bertz CT molecular complexity index is 1200. The molecule has 0 atom stereocenters. The molecule has 2 heterocycles. The van der Waals surface area contributed by atoms with Gasteiger partial charge in [-0.05, 0) is 44.4 Å². The fourth-order valence-electron chi connectivity index (χ4n) is 5.91. The topological polar surface area (TPSA) is 50.6 Å². The second-order valence-corrected chi connectivity index (χ2v) is 10.8. The summed E-state index contributed by atoms with van der Waals surface area (Å²) in [6.07, 6.45) is 6.51. The molecule has 3 aromatic rings. The molecule has 1 aromatic heterocycles. The summed E-state index contributed by atoms with van der Waals surface area (Å²) in [6, 6.07) is 18.9. The molecule has 6 nitrogen and oxygen atoms in total. The standard InChI is InChI=1S/C31H40N4O2/c1-23(2)34(31(36)25-14-8-5-9-15-25)22-27-26-21-33(20-24-12-6-4-7-13-24)19-18-28(26)35(32-27)29-16-10-11-17-30(29)37-3/h4,6-7,10-13,16-17,23,25H,5,8-9,14-15,18-22H2,1-3H3. The van der Waals surface area contributed by atoms with Crippen LogP contribution in [0.25, 0.3) is 5.69 Å². The number of hydrogen-bond acceptors (Lipinski definition) is 4. The smallest absolute Gasteiger partial charge is 0.226 e. The molecular formula is C31H40N4O2. The van der Waals surface area contributed by atoms with Gasteiger partial charge in [-0.2, -0.15) is 5.10 Å². The fraction of sp³-hybridized carbons (Fsp3) is 0.484. The first-order chi connectivity index (χ1) is 18.0. The van der Waals surface area contributed by atoms with E-state index in [-0.39, 0.29) is 12.0 Å². The van der Waals surface area contributed by atoms with Crippen LogP contribution >= 0.6 is 0 Å². The van der Waals surface area contributed by atoms with Crippen LogP contribution in [0.15, 0.2) is 54.6 Å². The maximum absolute atomic E-state index is 13.7. The Morgan fingerprint density at radius 1 is 1.05 bits per heavy atom. The van der Waals surface area contributed by atoms with Gasteiger partial charge in [0.1, 0.15) is 11.4 Å². The molecule has 2 aromatic carbocycles. The summed E-state index contributed by atoms with van der Waals surface area (Å²) in [5.41, 5.74) is 5.78. The molecule has 0 bridgehead atoms. The van der Waals surface area contributed by atoms with Gasteiger partial charge in [-0.3, -0.25) is 9.69 Å². The number of carbonyl (C=O) groups is 1. The molecule has 1 aliphatic heterocycles. The van der Waals surface area contributed by atoms with E-state index >= 15 is 0 Å². The summed E-state index contributed by atoms with van der Waals surface area (Å²) in [4.78, 5) is 18.2. The van der Waals surface area contributed by atoms with Crippen LogP contribution in [0.3, 0.4) is 0 Å². The predicted molar refractivity (Wildman–Crippen MR) is 147 cm³/mol. The van der Waals surface area contributed by atoms with E-state index in [2.05, 4.69) is 64.7 Å². The van der Waals surface area contributed by atoms with Gasteiger partial charge in [0.25, 0.3) is 0 Å². The third-order valence-corrected chi connectivity index (χ3v) is 7.96. The van der Waals surface area contributed by atoms with Crippen molar-refractivity contribution >= 4 is 5.91 Å². The Kier molecular flexibility index (Phi) is 7.94. The summed E-state index contributed by atoms with van der Waals surface area (Å²) in [5, 5.41) is 5.18. The number of para-hydroxylation sites is 2. The predicted octanol–water partition coefficient (Wildman–Crippen LogP) is 5.76. The van der Waals surface area contributed by atoms with Crippen molar-refractivity contribution in [1.82, 2.24) is 19.6 Å². The number of rotatable bonds is 8. The lowest BCUT2D eigenvalue weighted by atomic mass is 9.88. The van der Waals surface area contributed by atoms with Crippen molar-refractivity contribution in [2.75, 3.05) is 13.7 Å². The molecular weight excluding hydrogens is 460 g/mol. The maximum Gasteiger partial charge on any atom is 0.226 e. The highest BCUT2D eigenvalue weighted by Gasteiger charge is 2.32. The number of nitrogens with zero attached hydrogens (tertiary/aromatic N) is 4. The van der Waals surface area contributed by atoms with Gasteiger partial charge >= 0.3 is 0 Å². The van der Waals surface area contributed by atoms with Crippen LogP contribution in [0.1, 0.15) is 68.5 Å². The van der Waals surface area contributed by atoms with E-state index in [9.17, 15) is 4.79 Å². The first-order valence-electron chi connectivity index (χ1n) is 13.8. The van der Waals surface area contributed by atoms with E-state index in [1.54, 1.807) is 7.11 Å². The van der Waals surface area contributed by atoms with E-state index in [4.69, 9.17) is 9.84 Å². The monoisotopic (exact) mass is 500 g/mol. The fourth-order valence-corrected chi connectivity index (χ4v) is 5.91. The average Bonchev–Trinajstić information content (AvgIpc) is 3.29. The van der Waals surface area contributed by atoms with Crippen LogP contribution in [0.2, 0.25) is 0 Å². The molecule has 2 aliphatic rings. The van der Waals surface area contributed by atoms with Gasteiger partial charge in [-0.1, -0.05) is 61.7 Å². The van der Waals surface area contributed by atoms with Gasteiger partial charge in [0.2, 0.25) is 5.91 Å². The van der Waals surface area contributed by atoms with Crippen LogP contribution in [0, 0.1) is 5.92 Å². The Balaban J connectivity index is 1.49. The first kappa shape index (κ1) is 25.5. The third kappa shape index (κ3) is 5.59. The Morgan fingerprint density at radius 3 is 2.51 bits per heavy atom. The molecule has 0 N–H and O–H groups in total. The first-order valence-corrected chi connectivity index (χ1v) is 13.8. The second kappa shape index (κ2) is 11.5. The highest BCUT2D eigenvalue weighted by atomic mass is 16.5. The van der Waals surface area contributed by atoms with Gasteiger partial charge in [-0.15, -0.1) is 0 Å². The Morgan fingerprint density at radius 2 is 1.78 bits per heavy atom. The number of hydrogen-bond donors (Lipinski definition) is 0. The lowest BCUT2D eigenvalue weighted by Gasteiger charge is -2.33. The normalized spacial score (nSPS) is 16.5. The quantitative estimate of drug-likeness (QED) is 0.395. The van der Waals surface area contributed by atoms with E-state index in [1.165, 1.54) is 23.2 Å². The minimum atomic E-state index is 0.130. The third-order valence-electron chi connectivity index (χ3n) is 7.96. The van der Waals surface area contributed by atoms with Crippen LogP contribution < -0.4 is 4.74 Å². The molecule has 1 aliphatic carbocycles. The van der Waals surface area contributed by atoms with Gasteiger partial charge < -0.3 is 9.64 Å². The van der Waals surface area contributed by atoms with Crippen molar-refractivity contribution in [2.45, 2.75) is 78.0 Å². The molecule has 196 valence electrons. The average molecular weight is 501 g/mol. The summed E-state index contributed by atoms with van der Waals surface area (Å²) in [6.45, 7) is 7.53. The SMILES string of the molecule is COc1ccccc1-n1nc(CN(C(=O)C2CCCCC2)C(C)C)c2c1CCN(Cc1ccccc1)C2. The van der Waals surface area contributed by atoms with Crippen molar-refractivity contribution in [1.29, 1.82) is 0 Å². The summed E-state index contributed by atoms with van der Waals surface area (Å²) < 4.78 is 7.78. The summed E-state index contributed by atoms with van der Waals surface area (Å²) >= 11 is 0. The molecule has 0 spiro atoms. The number of ether oxygens (including phenoxy) is 1. The van der Waals surface area contributed by atoms with Crippen molar-refractivity contribution in [3.8, 4) is 11.4 Å². The molecule has 1 amide bonds. The van der Waals surface area contributed by atoms with Gasteiger partial charge in [0.05, 0.1) is 25.0 Å². The van der Waals surface area contributed by atoms with Gasteiger partial charge in [0.15, 0.2) is 0 Å². The number of methoxy groups -OCH3 is 1. The molecule has 37 heavy (non-hydrogen) atoms. The minimum Gasteiger partial charge on any atom is -0.494 e. The minimum absolute atomic E-state index is 0.130. The largest absolute Gasteiger partial charge is 0.494 e. The van der Waals surface area contributed by atoms with E-state index < -0.39 is 0 Å². The number of benzene rings is 2. The summed E-state index contributed by atoms with van der Waals surface area (Å²) in [7, 11) is 1.71. The molecule has 0 unspecified atom stereocenters. The highest BCUT2D eigenvalue weighted by molar-refractivity contribution is 5.79. The van der Waals surface area contributed by atoms with Crippen molar-refractivity contribution in [3.05, 3.63) is 77.1 Å². The van der Waals surface area contributed by atoms with Crippen LogP contribution in [-0.4, -0.2) is 45.2 Å². The molecule has 5 rings (SSSR count). The van der Waals surface area contributed by atoms with Crippen molar-refractivity contribution < 1.29 is 9.53 Å². The zero-order valence-electron chi connectivity index (χ0n) is 22.5. The van der Waals surface area contributed by atoms with E-state index in [0.29, 0.717) is 12.5 Å². The van der Waals surface area contributed by atoms with Gasteiger partial charge in [-0.25, -0.2) is 4.68 Å². The lowest BCUT2D eigenvalue weighted by Crippen LogP contribution is -2.41. The zero-order chi connectivity index (χ0) is 25.8. The Hall–Kier alpha value is -3.12. The van der Waals surface area contributed by atoms with E-state index in [0.717, 1.165) is 68.9 Å².